The van der Waals surface area contributed by atoms with Crippen molar-refractivity contribution in [1.29, 1.82) is 0 Å². The molecule has 0 saturated heterocycles. The van der Waals surface area contributed by atoms with Gasteiger partial charge >= 0.3 is 0 Å². The number of aliphatic hydroxyl groups excluding tert-OH is 1. The third-order valence-electron chi connectivity index (χ3n) is 6.15. The molecular weight excluding hydrogens is 284 g/mol. The maximum absolute atomic E-state index is 10.1. The number of rotatable bonds is 2. The molecule has 1 aromatic carbocycles. The van der Waals surface area contributed by atoms with Crippen molar-refractivity contribution >= 4 is 6.08 Å². The molecule has 0 spiro atoms. The zero-order chi connectivity index (χ0) is 16.0. The molecule has 2 nitrogen and oxygen atoms in total. The molecule has 1 saturated carbocycles. The standard InChI is InChI=1S/C21H24O2/c1-2-13-10-16(23)11-21-18-5-3-4-17(18)20(12-19(13)21)14-6-8-15(22)9-7-14/h2,6,8-11,14,17-18,20,22-23H,1,3-5,7,12H2/t14?,17-,18+,20-/m0/s1. The SMILES string of the molecule is C=Cc1cc(O)cc2c1C[C@@H](C1C=CC(O)=CC1)[C@H]1CCC[C@@H]21. The number of phenols is 1. The molecule has 3 aliphatic carbocycles. The number of allylic oxidation sites excluding steroid dienone is 3. The van der Waals surface area contributed by atoms with Gasteiger partial charge in [0, 0.05) is 0 Å². The van der Waals surface area contributed by atoms with Crippen molar-refractivity contribution in [3.05, 3.63) is 59.4 Å². The molecule has 0 amide bonds. The second-order valence-electron chi connectivity index (χ2n) is 7.26. The highest BCUT2D eigenvalue weighted by Crippen LogP contribution is 2.53. The largest absolute Gasteiger partial charge is 0.508 e. The van der Waals surface area contributed by atoms with Gasteiger partial charge in [-0.15, -0.1) is 0 Å². The van der Waals surface area contributed by atoms with Crippen molar-refractivity contribution in [2.45, 2.75) is 38.0 Å². The molecule has 2 heteroatoms. The van der Waals surface area contributed by atoms with Gasteiger partial charge in [0.1, 0.15) is 11.5 Å². The molecule has 2 N–H and O–H groups in total. The van der Waals surface area contributed by atoms with Crippen LogP contribution in [0.25, 0.3) is 6.08 Å². The van der Waals surface area contributed by atoms with Crippen molar-refractivity contribution in [1.82, 2.24) is 0 Å². The Hall–Kier alpha value is -1.96. The first-order valence-electron chi connectivity index (χ1n) is 8.73. The van der Waals surface area contributed by atoms with Crippen molar-refractivity contribution in [3.63, 3.8) is 0 Å². The van der Waals surface area contributed by atoms with E-state index in [9.17, 15) is 10.2 Å². The minimum atomic E-state index is 0.369. The fourth-order valence-corrected chi connectivity index (χ4v) is 5.14. The third-order valence-corrected chi connectivity index (χ3v) is 6.15. The summed E-state index contributed by atoms with van der Waals surface area (Å²) in [6.07, 6.45) is 13.7. The maximum Gasteiger partial charge on any atom is 0.116 e. The molecule has 23 heavy (non-hydrogen) atoms. The molecule has 0 bridgehead atoms. The van der Waals surface area contributed by atoms with Gasteiger partial charge in [0.2, 0.25) is 0 Å². The summed E-state index contributed by atoms with van der Waals surface area (Å²) < 4.78 is 0. The van der Waals surface area contributed by atoms with Crippen LogP contribution < -0.4 is 0 Å². The van der Waals surface area contributed by atoms with Crippen molar-refractivity contribution in [2.75, 3.05) is 0 Å². The van der Waals surface area contributed by atoms with Crippen molar-refractivity contribution < 1.29 is 10.2 Å². The molecule has 0 aromatic heterocycles. The van der Waals surface area contributed by atoms with Crippen molar-refractivity contribution in [3.8, 4) is 5.75 Å². The van der Waals surface area contributed by atoms with Crippen LogP contribution in [0.3, 0.4) is 0 Å². The van der Waals surface area contributed by atoms with E-state index >= 15 is 0 Å². The highest BCUT2D eigenvalue weighted by molar-refractivity contribution is 5.59. The van der Waals surface area contributed by atoms with Crippen LogP contribution >= 0.6 is 0 Å². The minimum Gasteiger partial charge on any atom is -0.508 e. The normalized spacial score (nSPS) is 32.1. The summed E-state index contributed by atoms with van der Waals surface area (Å²) in [7, 11) is 0. The van der Waals surface area contributed by atoms with E-state index in [1.54, 1.807) is 0 Å². The van der Waals surface area contributed by atoms with E-state index in [1.165, 1.54) is 30.4 Å². The summed E-state index contributed by atoms with van der Waals surface area (Å²) >= 11 is 0. The number of phenolic OH excluding ortho intramolecular Hbond substituents is 1. The number of hydrogen-bond donors (Lipinski definition) is 2. The smallest absolute Gasteiger partial charge is 0.116 e. The molecule has 1 aromatic rings. The molecule has 0 aliphatic heterocycles. The van der Waals surface area contributed by atoms with E-state index in [-0.39, 0.29) is 0 Å². The van der Waals surface area contributed by atoms with E-state index in [4.69, 9.17) is 0 Å². The molecule has 120 valence electrons. The number of hydrogen-bond acceptors (Lipinski definition) is 2. The number of fused-ring (bicyclic) bond motifs is 3. The third kappa shape index (κ3) is 2.41. The zero-order valence-electron chi connectivity index (χ0n) is 13.4. The summed E-state index contributed by atoms with van der Waals surface area (Å²) in [4.78, 5) is 0. The van der Waals surface area contributed by atoms with Gasteiger partial charge in [-0.2, -0.15) is 0 Å². The van der Waals surface area contributed by atoms with Crippen LogP contribution in [0.15, 0.2) is 42.7 Å². The molecule has 4 rings (SSSR count). The molecule has 1 fully saturated rings. The molecule has 0 heterocycles. The zero-order valence-corrected chi connectivity index (χ0v) is 13.4. The molecule has 1 unspecified atom stereocenters. The average Bonchev–Trinajstić information content (AvgIpc) is 3.04. The minimum absolute atomic E-state index is 0.369. The Morgan fingerprint density at radius 1 is 1.13 bits per heavy atom. The highest BCUT2D eigenvalue weighted by Gasteiger charge is 2.42. The topological polar surface area (TPSA) is 40.5 Å². The lowest BCUT2D eigenvalue weighted by molar-refractivity contribution is 0.222. The van der Waals surface area contributed by atoms with Gasteiger partial charge in [-0.25, -0.2) is 0 Å². The average molecular weight is 308 g/mol. The summed E-state index contributed by atoms with van der Waals surface area (Å²) in [6, 6.07) is 3.84. The number of benzene rings is 1. The van der Waals surface area contributed by atoms with Crippen LogP contribution in [0.2, 0.25) is 0 Å². The first-order chi connectivity index (χ1) is 11.2. The van der Waals surface area contributed by atoms with Gasteiger partial charge < -0.3 is 10.2 Å². The lowest BCUT2D eigenvalue weighted by Crippen LogP contribution is -2.32. The van der Waals surface area contributed by atoms with E-state index in [0.717, 1.165) is 18.4 Å². The summed E-state index contributed by atoms with van der Waals surface area (Å²) in [5.41, 5.74) is 3.84. The quantitative estimate of drug-likeness (QED) is 0.797. The first kappa shape index (κ1) is 14.6. The Morgan fingerprint density at radius 3 is 2.74 bits per heavy atom. The molecule has 0 radical (unpaired) electrons. The van der Waals surface area contributed by atoms with E-state index in [2.05, 4.69) is 12.7 Å². The second-order valence-corrected chi connectivity index (χ2v) is 7.26. The summed E-state index contributed by atoms with van der Waals surface area (Å²) in [5, 5.41) is 19.7. The Balaban J connectivity index is 1.75. The lowest BCUT2D eigenvalue weighted by Gasteiger charge is -2.40. The van der Waals surface area contributed by atoms with Gasteiger partial charge in [0.05, 0.1) is 0 Å². The Kier molecular flexibility index (Phi) is 3.56. The Bertz CT molecular complexity index is 698. The monoisotopic (exact) mass is 308 g/mol. The predicted molar refractivity (Wildman–Crippen MR) is 93.4 cm³/mol. The summed E-state index contributed by atoms with van der Waals surface area (Å²) in [6.45, 7) is 3.95. The van der Waals surface area contributed by atoms with Crippen LogP contribution in [-0.2, 0) is 6.42 Å². The fourth-order valence-electron chi connectivity index (χ4n) is 5.14. The lowest BCUT2D eigenvalue weighted by atomic mass is 9.64. The number of aliphatic hydroxyl groups is 1. The molecular formula is C21H24O2. The van der Waals surface area contributed by atoms with Gasteiger partial charge in [0.25, 0.3) is 0 Å². The van der Waals surface area contributed by atoms with Gasteiger partial charge in [-0.05, 0) is 90.3 Å². The van der Waals surface area contributed by atoms with Crippen LogP contribution in [0.5, 0.6) is 5.75 Å². The van der Waals surface area contributed by atoms with E-state index in [1.807, 2.05) is 30.4 Å². The second kappa shape index (κ2) is 5.59. The van der Waals surface area contributed by atoms with Crippen molar-refractivity contribution in [2.24, 2.45) is 17.8 Å². The molecule has 4 atom stereocenters. The van der Waals surface area contributed by atoms with Crippen LogP contribution in [0, 0.1) is 17.8 Å². The van der Waals surface area contributed by atoms with E-state index < -0.39 is 0 Å². The number of aromatic hydroxyl groups is 1. The maximum atomic E-state index is 10.1. The fraction of sp³-hybridized carbons (Fsp3) is 0.429. The van der Waals surface area contributed by atoms with Gasteiger partial charge in [-0.3, -0.25) is 0 Å². The highest BCUT2D eigenvalue weighted by atomic mass is 16.3. The van der Waals surface area contributed by atoms with Gasteiger partial charge in [0.15, 0.2) is 0 Å². The Labute approximate surface area is 137 Å². The molecule has 3 aliphatic rings. The Morgan fingerprint density at radius 2 is 2.00 bits per heavy atom. The predicted octanol–water partition coefficient (Wildman–Crippen LogP) is 5.11. The van der Waals surface area contributed by atoms with Crippen LogP contribution in [0.4, 0.5) is 0 Å². The van der Waals surface area contributed by atoms with E-state index in [0.29, 0.717) is 35.2 Å². The summed E-state index contributed by atoms with van der Waals surface area (Å²) in [5.74, 6) is 3.17. The van der Waals surface area contributed by atoms with Gasteiger partial charge in [-0.1, -0.05) is 25.2 Å². The first-order valence-corrected chi connectivity index (χ1v) is 8.73. The van der Waals surface area contributed by atoms with Crippen LogP contribution in [-0.4, -0.2) is 10.2 Å². The van der Waals surface area contributed by atoms with Crippen LogP contribution in [0.1, 0.15) is 48.3 Å².